The molecule has 9 heteroatoms. The number of alkyl halides is 4. The van der Waals surface area contributed by atoms with Crippen molar-refractivity contribution in [2.45, 2.75) is 18.0 Å². The fourth-order valence-electron chi connectivity index (χ4n) is 3.32. The zero-order valence-corrected chi connectivity index (χ0v) is 16.5. The molecule has 1 unspecified atom stereocenters. The topological polar surface area (TPSA) is 40.3 Å². The number of hydrogen-bond donors (Lipinski definition) is 0. The molecule has 150 valence electrons. The van der Waals surface area contributed by atoms with E-state index in [1.807, 2.05) is 23.1 Å². The molecule has 2 aromatic carbocycles. The Morgan fingerprint density at radius 3 is 2.66 bits per heavy atom. The first-order valence-corrected chi connectivity index (χ1v) is 9.65. The van der Waals surface area contributed by atoms with E-state index in [2.05, 4.69) is 15.2 Å². The number of aliphatic imine (C=N–C) groups is 1. The van der Waals surface area contributed by atoms with Gasteiger partial charge in [-0.3, -0.25) is 4.99 Å². The molecule has 0 aromatic heterocycles. The van der Waals surface area contributed by atoms with Gasteiger partial charge in [0.2, 0.25) is 0 Å². The van der Waals surface area contributed by atoms with E-state index in [0.717, 1.165) is 5.69 Å². The molecule has 2 aliphatic heterocycles. The monoisotopic (exact) mass is 438 g/mol. The highest BCUT2D eigenvalue weighted by Crippen LogP contribution is 2.33. The second-order valence-corrected chi connectivity index (χ2v) is 7.57. The second-order valence-electron chi connectivity index (χ2n) is 6.63. The Bertz CT molecular complexity index is 1030. The normalized spacial score (nSPS) is 17.1. The van der Waals surface area contributed by atoms with E-state index < -0.39 is 11.6 Å². The quantitative estimate of drug-likeness (QED) is 0.613. The molecule has 0 amide bonds. The molecule has 29 heavy (non-hydrogen) atoms. The highest BCUT2D eigenvalue weighted by molar-refractivity contribution is 6.36. The summed E-state index contributed by atoms with van der Waals surface area (Å²) >= 11 is 12.0. The summed E-state index contributed by atoms with van der Waals surface area (Å²) in [5.41, 5.74) is 3.23. The van der Waals surface area contributed by atoms with Crippen LogP contribution in [0.5, 0.6) is 0 Å². The van der Waals surface area contributed by atoms with Crippen molar-refractivity contribution in [3.63, 3.8) is 0 Å². The number of benzene rings is 2. The van der Waals surface area contributed by atoms with Gasteiger partial charge in [0.05, 0.1) is 24.5 Å². The highest BCUT2D eigenvalue weighted by Gasteiger charge is 2.38. The van der Waals surface area contributed by atoms with Gasteiger partial charge < -0.3 is 4.90 Å². The van der Waals surface area contributed by atoms with Crippen molar-refractivity contribution in [3.05, 3.63) is 64.2 Å². The van der Waals surface area contributed by atoms with Crippen LogP contribution in [-0.2, 0) is 6.42 Å². The summed E-state index contributed by atoms with van der Waals surface area (Å²) < 4.78 is 38.8. The molecule has 0 fully saturated rings. The third kappa shape index (κ3) is 4.02. The molecule has 0 saturated heterocycles. The van der Waals surface area contributed by atoms with Gasteiger partial charge in [0.1, 0.15) is 5.38 Å². The number of amidine groups is 1. The molecule has 0 N–H and O–H groups in total. The van der Waals surface area contributed by atoms with Crippen molar-refractivity contribution in [2.24, 2.45) is 15.2 Å². The van der Waals surface area contributed by atoms with Crippen LogP contribution in [0.3, 0.4) is 0 Å². The molecule has 0 radical (unpaired) electrons. The van der Waals surface area contributed by atoms with Crippen LogP contribution in [0.1, 0.15) is 16.7 Å². The minimum absolute atomic E-state index is 0.280. The van der Waals surface area contributed by atoms with E-state index in [0.29, 0.717) is 39.8 Å². The third-order valence-corrected chi connectivity index (χ3v) is 5.45. The summed E-state index contributed by atoms with van der Waals surface area (Å²) in [5.74, 6) is 0.661. The van der Waals surface area contributed by atoms with Gasteiger partial charge in [0.25, 0.3) is 0 Å². The van der Waals surface area contributed by atoms with Gasteiger partial charge >= 0.3 is 6.18 Å². The lowest BCUT2D eigenvalue weighted by atomic mass is 9.96. The van der Waals surface area contributed by atoms with Crippen molar-refractivity contribution >= 4 is 46.7 Å². The van der Waals surface area contributed by atoms with Crippen LogP contribution in [-0.4, -0.2) is 42.4 Å². The minimum atomic E-state index is -4.48. The molecule has 0 bridgehead atoms. The minimum Gasteiger partial charge on any atom is -0.321 e. The summed E-state index contributed by atoms with van der Waals surface area (Å²) in [6.45, 7) is 0.778. The van der Waals surface area contributed by atoms with Crippen molar-refractivity contribution in [1.29, 1.82) is 0 Å². The molecule has 1 atom stereocenters. The Morgan fingerprint density at radius 1 is 1.10 bits per heavy atom. The van der Waals surface area contributed by atoms with E-state index in [4.69, 9.17) is 23.2 Å². The summed E-state index contributed by atoms with van der Waals surface area (Å²) in [6, 6.07) is 12.4. The van der Waals surface area contributed by atoms with Gasteiger partial charge in [0.15, 0.2) is 5.84 Å². The first-order chi connectivity index (χ1) is 13.8. The lowest BCUT2D eigenvalue weighted by Crippen LogP contribution is -2.36. The van der Waals surface area contributed by atoms with Crippen LogP contribution < -0.4 is 4.90 Å². The maximum absolute atomic E-state index is 12.9. The Balaban J connectivity index is 1.84. The number of halogens is 5. The van der Waals surface area contributed by atoms with Crippen LogP contribution in [0.15, 0.2) is 57.7 Å². The lowest BCUT2D eigenvalue weighted by molar-refractivity contribution is -0.130. The second kappa shape index (κ2) is 7.80. The van der Waals surface area contributed by atoms with Crippen molar-refractivity contribution in [3.8, 4) is 0 Å². The average molecular weight is 439 g/mol. The number of anilines is 1. The van der Waals surface area contributed by atoms with Crippen LogP contribution in [0.2, 0.25) is 5.02 Å². The standard InChI is InChI=1S/C20H15Cl2F3N4/c21-15-4-2-1-3-13(15)19-14-9-12(10-17(22)20(23,24)25)5-6-16(14)29-8-7-27-28-18(29)11-26-19/h1-7,9,17H,8,10-11H2. The fourth-order valence-corrected chi connectivity index (χ4v) is 3.72. The summed E-state index contributed by atoms with van der Waals surface area (Å²) in [7, 11) is 0. The number of rotatable bonds is 3. The molecular formula is C20H15Cl2F3N4. The van der Waals surface area contributed by atoms with Gasteiger partial charge in [-0.2, -0.15) is 18.3 Å². The zero-order valence-electron chi connectivity index (χ0n) is 15.0. The predicted octanol–water partition coefficient (Wildman–Crippen LogP) is 5.11. The average Bonchev–Trinajstić information content (AvgIpc) is 2.85. The summed E-state index contributed by atoms with van der Waals surface area (Å²) in [6.07, 6.45) is -3.15. The van der Waals surface area contributed by atoms with Gasteiger partial charge in [-0.05, 0) is 30.2 Å². The number of nitrogens with zero attached hydrogens (tertiary/aromatic N) is 4. The van der Waals surface area contributed by atoms with Crippen molar-refractivity contribution in [2.75, 3.05) is 18.0 Å². The molecule has 2 aromatic rings. The molecule has 0 saturated carbocycles. The third-order valence-electron chi connectivity index (χ3n) is 4.72. The van der Waals surface area contributed by atoms with Crippen molar-refractivity contribution < 1.29 is 13.2 Å². The molecule has 2 aliphatic rings. The molecule has 4 rings (SSSR count). The Kier molecular flexibility index (Phi) is 5.36. The van der Waals surface area contributed by atoms with Crippen molar-refractivity contribution in [1.82, 2.24) is 0 Å². The SMILES string of the molecule is FC(F)(F)C(Cl)Cc1ccc2c(c1)C(c1ccccc1Cl)=NCC1=NN=CCN12. The van der Waals surface area contributed by atoms with Crippen LogP contribution in [0.25, 0.3) is 0 Å². The molecule has 0 aliphatic carbocycles. The van der Waals surface area contributed by atoms with Gasteiger partial charge in [-0.1, -0.05) is 35.9 Å². The van der Waals surface area contributed by atoms with Crippen LogP contribution in [0.4, 0.5) is 18.9 Å². The maximum atomic E-state index is 12.9. The van der Waals surface area contributed by atoms with Gasteiger partial charge in [0, 0.05) is 22.4 Å². The van der Waals surface area contributed by atoms with Gasteiger partial charge in [-0.15, -0.1) is 16.7 Å². The molecule has 4 nitrogen and oxygen atoms in total. The van der Waals surface area contributed by atoms with Crippen LogP contribution in [0, 0.1) is 0 Å². The lowest BCUT2D eigenvalue weighted by Gasteiger charge is -2.26. The fraction of sp³-hybridized carbons (Fsp3) is 0.250. The van der Waals surface area contributed by atoms with Crippen LogP contribution >= 0.6 is 23.2 Å². The molecule has 0 spiro atoms. The Labute approximate surface area is 175 Å². The van der Waals surface area contributed by atoms with E-state index >= 15 is 0 Å². The maximum Gasteiger partial charge on any atom is 0.405 e. The highest BCUT2D eigenvalue weighted by atomic mass is 35.5. The number of fused-ring (bicyclic) bond motifs is 3. The summed E-state index contributed by atoms with van der Waals surface area (Å²) in [5, 5.41) is 6.66. The van der Waals surface area contributed by atoms with E-state index in [1.165, 1.54) is 0 Å². The van der Waals surface area contributed by atoms with E-state index in [1.54, 1.807) is 30.5 Å². The summed E-state index contributed by atoms with van der Waals surface area (Å²) in [4.78, 5) is 6.63. The zero-order chi connectivity index (χ0) is 20.6. The Hall–Kier alpha value is -2.38. The predicted molar refractivity (Wildman–Crippen MR) is 111 cm³/mol. The smallest absolute Gasteiger partial charge is 0.321 e. The largest absolute Gasteiger partial charge is 0.405 e. The molecule has 2 heterocycles. The number of hydrogen-bond acceptors (Lipinski definition) is 4. The van der Waals surface area contributed by atoms with E-state index in [9.17, 15) is 13.2 Å². The molecular weight excluding hydrogens is 424 g/mol. The van der Waals surface area contributed by atoms with E-state index in [-0.39, 0.29) is 13.0 Å². The Morgan fingerprint density at radius 2 is 1.90 bits per heavy atom. The van der Waals surface area contributed by atoms with Gasteiger partial charge in [-0.25, -0.2) is 0 Å². The first-order valence-electron chi connectivity index (χ1n) is 8.84. The first kappa shape index (κ1) is 19.9.